The number of nitrogens with one attached hydrogen (secondary N) is 1. The Morgan fingerprint density at radius 1 is 0.929 bits per heavy atom. The molecule has 0 fully saturated rings. The van der Waals surface area contributed by atoms with Crippen molar-refractivity contribution in [1.82, 2.24) is 20.3 Å². The Bertz CT molecular complexity index is 1130. The molecule has 0 aliphatic carbocycles. The van der Waals surface area contributed by atoms with Gasteiger partial charge in [0.15, 0.2) is 0 Å². The van der Waals surface area contributed by atoms with Gasteiger partial charge in [-0.15, -0.1) is 5.10 Å². The SMILES string of the molecule is Cc1ccc(Cn2nnc3cc(C(=O)NCc4cccc(C)c4)ccc32)cc1. The molecule has 1 heterocycles. The van der Waals surface area contributed by atoms with Gasteiger partial charge in [0.05, 0.1) is 12.1 Å². The van der Waals surface area contributed by atoms with Crippen LogP contribution in [-0.4, -0.2) is 20.9 Å². The van der Waals surface area contributed by atoms with E-state index in [0.717, 1.165) is 22.2 Å². The molecule has 4 aromatic rings. The van der Waals surface area contributed by atoms with E-state index in [-0.39, 0.29) is 5.91 Å². The van der Waals surface area contributed by atoms with Crippen molar-refractivity contribution < 1.29 is 4.79 Å². The Labute approximate surface area is 164 Å². The molecule has 1 aromatic heterocycles. The first-order valence-electron chi connectivity index (χ1n) is 9.31. The third-order valence-corrected chi connectivity index (χ3v) is 4.76. The molecule has 3 aromatic carbocycles. The van der Waals surface area contributed by atoms with Crippen molar-refractivity contribution in [1.29, 1.82) is 0 Å². The fraction of sp³-hybridized carbons (Fsp3) is 0.174. The molecule has 140 valence electrons. The van der Waals surface area contributed by atoms with Crippen LogP contribution in [0.25, 0.3) is 11.0 Å². The molecule has 0 saturated heterocycles. The zero-order chi connectivity index (χ0) is 19.5. The molecule has 0 saturated carbocycles. The van der Waals surface area contributed by atoms with Crippen molar-refractivity contribution in [3.05, 3.63) is 94.5 Å². The van der Waals surface area contributed by atoms with Gasteiger partial charge < -0.3 is 5.32 Å². The van der Waals surface area contributed by atoms with Crippen LogP contribution in [0.15, 0.2) is 66.7 Å². The highest BCUT2D eigenvalue weighted by atomic mass is 16.1. The summed E-state index contributed by atoms with van der Waals surface area (Å²) in [6.45, 7) is 5.26. The van der Waals surface area contributed by atoms with Gasteiger partial charge in [-0.05, 0) is 43.2 Å². The van der Waals surface area contributed by atoms with E-state index in [1.54, 1.807) is 6.07 Å². The van der Waals surface area contributed by atoms with Crippen LogP contribution < -0.4 is 5.32 Å². The minimum absolute atomic E-state index is 0.114. The van der Waals surface area contributed by atoms with Crippen molar-refractivity contribution >= 4 is 16.9 Å². The number of carbonyl (C=O) groups is 1. The first-order valence-corrected chi connectivity index (χ1v) is 9.31. The lowest BCUT2D eigenvalue weighted by Gasteiger charge is -2.07. The summed E-state index contributed by atoms with van der Waals surface area (Å²) < 4.78 is 1.86. The lowest BCUT2D eigenvalue weighted by atomic mass is 10.1. The van der Waals surface area contributed by atoms with Crippen LogP contribution in [0.2, 0.25) is 0 Å². The van der Waals surface area contributed by atoms with Crippen molar-refractivity contribution in [3.63, 3.8) is 0 Å². The monoisotopic (exact) mass is 370 g/mol. The van der Waals surface area contributed by atoms with E-state index in [1.807, 2.05) is 41.9 Å². The number of aryl methyl sites for hydroxylation is 2. The second-order valence-corrected chi connectivity index (χ2v) is 7.11. The molecule has 0 spiro atoms. The van der Waals surface area contributed by atoms with Crippen LogP contribution in [0, 0.1) is 13.8 Å². The van der Waals surface area contributed by atoms with Crippen molar-refractivity contribution in [2.45, 2.75) is 26.9 Å². The van der Waals surface area contributed by atoms with Gasteiger partial charge in [-0.1, -0.05) is 64.9 Å². The van der Waals surface area contributed by atoms with E-state index in [9.17, 15) is 4.79 Å². The fourth-order valence-electron chi connectivity index (χ4n) is 3.20. The predicted molar refractivity (Wildman–Crippen MR) is 110 cm³/mol. The molecule has 0 atom stereocenters. The Morgan fingerprint density at radius 3 is 2.54 bits per heavy atom. The number of fused-ring (bicyclic) bond motifs is 1. The van der Waals surface area contributed by atoms with E-state index in [1.165, 1.54) is 11.1 Å². The van der Waals surface area contributed by atoms with Gasteiger partial charge in [-0.25, -0.2) is 4.68 Å². The number of amides is 1. The molecule has 0 bridgehead atoms. The van der Waals surface area contributed by atoms with Crippen LogP contribution in [0.1, 0.15) is 32.6 Å². The summed E-state index contributed by atoms with van der Waals surface area (Å²) in [4.78, 5) is 12.5. The van der Waals surface area contributed by atoms with Crippen LogP contribution in [-0.2, 0) is 13.1 Å². The third-order valence-electron chi connectivity index (χ3n) is 4.76. The molecule has 0 unspecified atom stereocenters. The number of carbonyl (C=O) groups excluding carboxylic acids is 1. The lowest BCUT2D eigenvalue weighted by Crippen LogP contribution is -2.22. The topological polar surface area (TPSA) is 59.8 Å². The Hall–Kier alpha value is -3.47. The van der Waals surface area contributed by atoms with Gasteiger partial charge in [0.25, 0.3) is 5.91 Å². The van der Waals surface area contributed by atoms with E-state index in [2.05, 4.69) is 52.9 Å². The highest BCUT2D eigenvalue weighted by Crippen LogP contribution is 2.16. The zero-order valence-electron chi connectivity index (χ0n) is 16.0. The van der Waals surface area contributed by atoms with Gasteiger partial charge in [-0.2, -0.15) is 0 Å². The molecule has 28 heavy (non-hydrogen) atoms. The molecule has 1 amide bonds. The van der Waals surface area contributed by atoms with E-state index in [0.29, 0.717) is 18.7 Å². The molecule has 0 aliphatic rings. The summed E-state index contributed by atoms with van der Waals surface area (Å²) in [6, 6.07) is 22.0. The summed E-state index contributed by atoms with van der Waals surface area (Å²) in [5, 5.41) is 11.5. The van der Waals surface area contributed by atoms with Crippen LogP contribution in [0.4, 0.5) is 0 Å². The largest absolute Gasteiger partial charge is 0.348 e. The fourth-order valence-corrected chi connectivity index (χ4v) is 3.20. The van der Waals surface area contributed by atoms with Crippen LogP contribution >= 0.6 is 0 Å². The summed E-state index contributed by atoms with van der Waals surface area (Å²) >= 11 is 0. The summed E-state index contributed by atoms with van der Waals surface area (Å²) in [5.41, 5.74) is 6.87. The molecule has 4 rings (SSSR count). The average Bonchev–Trinajstić information content (AvgIpc) is 3.10. The quantitative estimate of drug-likeness (QED) is 0.577. The predicted octanol–water partition coefficient (Wildman–Crippen LogP) is 4.03. The van der Waals surface area contributed by atoms with E-state index >= 15 is 0 Å². The van der Waals surface area contributed by atoms with Gasteiger partial charge in [0, 0.05) is 12.1 Å². The molecular weight excluding hydrogens is 348 g/mol. The highest BCUT2D eigenvalue weighted by molar-refractivity contribution is 5.97. The van der Waals surface area contributed by atoms with Crippen LogP contribution in [0.5, 0.6) is 0 Å². The number of hydrogen-bond donors (Lipinski definition) is 1. The third kappa shape index (κ3) is 3.93. The number of benzene rings is 3. The minimum Gasteiger partial charge on any atom is -0.348 e. The highest BCUT2D eigenvalue weighted by Gasteiger charge is 2.10. The summed E-state index contributed by atoms with van der Waals surface area (Å²) in [7, 11) is 0. The molecule has 0 radical (unpaired) electrons. The molecule has 5 heteroatoms. The van der Waals surface area contributed by atoms with Gasteiger partial charge >= 0.3 is 0 Å². The average molecular weight is 370 g/mol. The molecule has 1 N–H and O–H groups in total. The number of aromatic nitrogens is 3. The number of nitrogens with zero attached hydrogens (tertiary/aromatic N) is 3. The number of hydrogen-bond acceptors (Lipinski definition) is 3. The van der Waals surface area contributed by atoms with E-state index < -0.39 is 0 Å². The second-order valence-electron chi connectivity index (χ2n) is 7.11. The lowest BCUT2D eigenvalue weighted by molar-refractivity contribution is 0.0951. The standard InChI is InChI=1S/C23H22N4O/c1-16-6-8-18(9-7-16)15-27-22-11-10-20(13-21(22)25-26-27)23(28)24-14-19-5-3-4-17(2)12-19/h3-13H,14-15H2,1-2H3,(H,24,28). The molecular formula is C23H22N4O. The number of rotatable bonds is 5. The minimum atomic E-state index is -0.114. The smallest absolute Gasteiger partial charge is 0.251 e. The second kappa shape index (κ2) is 7.64. The van der Waals surface area contributed by atoms with E-state index in [4.69, 9.17) is 0 Å². The van der Waals surface area contributed by atoms with Crippen molar-refractivity contribution in [2.24, 2.45) is 0 Å². The maximum absolute atomic E-state index is 12.5. The maximum Gasteiger partial charge on any atom is 0.251 e. The van der Waals surface area contributed by atoms with Crippen LogP contribution in [0.3, 0.4) is 0 Å². The Balaban J connectivity index is 1.48. The summed E-state index contributed by atoms with van der Waals surface area (Å²) in [5.74, 6) is -0.114. The van der Waals surface area contributed by atoms with Gasteiger partial charge in [0.2, 0.25) is 0 Å². The summed E-state index contributed by atoms with van der Waals surface area (Å²) in [6.07, 6.45) is 0. The first-order chi connectivity index (χ1) is 13.6. The maximum atomic E-state index is 12.5. The van der Waals surface area contributed by atoms with Crippen molar-refractivity contribution in [3.8, 4) is 0 Å². The van der Waals surface area contributed by atoms with Crippen molar-refractivity contribution in [2.75, 3.05) is 0 Å². The zero-order valence-corrected chi connectivity index (χ0v) is 16.0. The molecule has 5 nitrogen and oxygen atoms in total. The molecule has 0 aliphatic heterocycles. The van der Waals surface area contributed by atoms with Gasteiger partial charge in [-0.3, -0.25) is 4.79 Å². The first kappa shape index (κ1) is 17.9. The normalized spacial score (nSPS) is 10.9. The Morgan fingerprint density at radius 2 is 1.75 bits per heavy atom. The Kier molecular flexibility index (Phi) is 4.89. The van der Waals surface area contributed by atoms with Gasteiger partial charge in [0.1, 0.15) is 5.52 Å².